The molecule has 130 valence electrons. The monoisotopic (exact) mass is 364 g/mol. The molecule has 0 aliphatic rings. The van der Waals surface area contributed by atoms with Gasteiger partial charge in [-0.1, -0.05) is 11.6 Å². The van der Waals surface area contributed by atoms with Crippen LogP contribution in [0, 0.1) is 5.82 Å². The van der Waals surface area contributed by atoms with Crippen LogP contribution in [0.25, 0.3) is 11.5 Å². The second kappa shape index (κ2) is 7.40. The SMILES string of the molecule is COc1ccc(-c2nnc(COc3ccc(F)cc3Cl)o2)cc1OC. The van der Waals surface area contributed by atoms with E-state index in [1.165, 1.54) is 18.2 Å². The van der Waals surface area contributed by atoms with Gasteiger partial charge in [0.2, 0.25) is 5.89 Å². The van der Waals surface area contributed by atoms with E-state index in [4.69, 9.17) is 30.2 Å². The number of hydrogen-bond donors (Lipinski definition) is 0. The van der Waals surface area contributed by atoms with Gasteiger partial charge >= 0.3 is 0 Å². The Bertz CT molecular complexity index is 885. The highest BCUT2D eigenvalue weighted by Gasteiger charge is 2.13. The number of benzene rings is 2. The molecular formula is C17H14ClFN2O4. The summed E-state index contributed by atoms with van der Waals surface area (Å²) in [5, 5.41) is 8.07. The predicted molar refractivity (Wildman–Crippen MR) is 88.6 cm³/mol. The van der Waals surface area contributed by atoms with Gasteiger partial charge in [0.15, 0.2) is 18.1 Å². The summed E-state index contributed by atoms with van der Waals surface area (Å²) >= 11 is 5.90. The van der Waals surface area contributed by atoms with Gasteiger partial charge in [0.1, 0.15) is 11.6 Å². The highest BCUT2D eigenvalue weighted by molar-refractivity contribution is 6.32. The van der Waals surface area contributed by atoms with Gasteiger partial charge in [-0.25, -0.2) is 4.39 Å². The number of ether oxygens (including phenoxy) is 3. The van der Waals surface area contributed by atoms with Crippen molar-refractivity contribution in [3.05, 3.63) is 53.1 Å². The average molecular weight is 365 g/mol. The van der Waals surface area contributed by atoms with Crippen LogP contribution >= 0.6 is 11.6 Å². The molecular weight excluding hydrogens is 351 g/mol. The van der Waals surface area contributed by atoms with E-state index >= 15 is 0 Å². The second-order valence-corrected chi connectivity index (χ2v) is 5.34. The summed E-state index contributed by atoms with van der Waals surface area (Å²) in [4.78, 5) is 0. The fourth-order valence-corrected chi connectivity index (χ4v) is 2.35. The zero-order valence-corrected chi connectivity index (χ0v) is 14.2. The minimum atomic E-state index is -0.439. The van der Waals surface area contributed by atoms with Crippen molar-refractivity contribution >= 4 is 11.6 Å². The van der Waals surface area contributed by atoms with E-state index in [0.717, 1.165) is 0 Å². The molecule has 1 heterocycles. The smallest absolute Gasteiger partial charge is 0.254 e. The number of rotatable bonds is 6. The molecule has 0 spiro atoms. The van der Waals surface area contributed by atoms with Crippen molar-refractivity contribution in [1.82, 2.24) is 10.2 Å². The Morgan fingerprint density at radius 1 is 1.00 bits per heavy atom. The molecule has 0 radical (unpaired) electrons. The predicted octanol–water partition coefficient (Wildman–Crippen LogP) is 4.13. The van der Waals surface area contributed by atoms with Gasteiger partial charge in [0, 0.05) is 5.56 Å². The largest absolute Gasteiger partial charge is 0.493 e. The third-order valence-corrected chi connectivity index (χ3v) is 3.64. The number of hydrogen-bond acceptors (Lipinski definition) is 6. The van der Waals surface area contributed by atoms with Gasteiger partial charge in [-0.3, -0.25) is 0 Å². The van der Waals surface area contributed by atoms with Gasteiger partial charge < -0.3 is 18.6 Å². The van der Waals surface area contributed by atoms with Gasteiger partial charge in [0.05, 0.1) is 19.2 Å². The topological polar surface area (TPSA) is 66.6 Å². The molecule has 0 aliphatic carbocycles. The quantitative estimate of drug-likeness (QED) is 0.655. The van der Waals surface area contributed by atoms with E-state index in [1.807, 2.05) is 0 Å². The fraction of sp³-hybridized carbons (Fsp3) is 0.176. The Balaban J connectivity index is 1.74. The van der Waals surface area contributed by atoms with Crippen molar-refractivity contribution < 1.29 is 23.0 Å². The van der Waals surface area contributed by atoms with Crippen LogP contribution < -0.4 is 14.2 Å². The molecule has 0 atom stereocenters. The normalized spacial score (nSPS) is 10.6. The molecule has 8 heteroatoms. The number of halogens is 2. The molecule has 0 fully saturated rings. The lowest BCUT2D eigenvalue weighted by Crippen LogP contribution is -1.96. The third kappa shape index (κ3) is 3.83. The summed E-state index contributed by atoms with van der Waals surface area (Å²) in [6.07, 6.45) is 0. The molecule has 0 saturated heterocycles. The Morgan fingerprint density at radius 2 is 1.76 bits per heavy atom. The van der Waals surface area contributed by atoms with E-state index in [9.17, 15) is 4.39 Å². The Labute approximate surface area is 148 Å². The molecule has 0 saturated carbocycles. The molecule has 0 aliphatic heterocycles. The first-order valence-electron chi connectivity index (χ1n) is 7.23. The van der Waals surface area contributed by atoms with Crippen molar-refractivity contribution in [2.24, 2.45) is 0 Å². The summed E-state index contributed by atoms with van der Waals surface area (Å²) in [5.74, 6) is 1.60. The molecule has 25 heavy (non-hydrogen) atoms. The molecule has 3 rings (SSSR count). The molecule has 0 amide bonds. The average Bonchev–Trinajstić information content (AvgIpc) is 3.09. The van der Waals surface area contributed by atoms with Crippen LogP contribution in [-0.4, -0.2) is 24.4 Å². The van der Waals surface area contributed by atoms with E-state index in [2.05, 4.69) is 10.2 Å². The lowest BCUT2D eigenvalue weighted by molar-refractivity contribution is 0.264. The molecule has 1 aromatic heterocycles. The Hall–Kier alpha value is -2.80. The maximum Gasteiger partial charge on any atom is 0.254 e. The van der Waals surface area contributed by atoms with Gasteiger partial charge in [-0.15, -0.1) is 10.2 Å². The lowest BCUT2D eigenvalue weighted by atomic mass is 10.2. The van der Waals surface area contributed by atoms with Gasteiger partial charge in [0.25, 0.3) is 5.89 Å². The van der Waals surface area contributed by atoms with Crippen LogP contribution in [0.5, 0.6) is 17.2 Å². The third-order valence-electron chi connectivity index (χ3n) is 3.34. The van der Waals surface area contributed by atoms with E-state index in [0.29, 0.717) is 28.7 Å². The standard InChI is InChI=1S/C17H14ClFN2O4/c1-22-14-5-3-10(7-15(14)23-2)17-21-20-16(25-17)9-24-13-6-4-11(19)8-12(13)18/h3-8H,9H2,1-2H3. The second-order valence-electron chi connectivity index (χ2n) is 4.93. The minimum absolute atomic E-state index is 0.00560. The van der Waals surface area contributed by atoms with Gasteiger partial charge in [-0.2, -0.15) is 0 Å². The molecule has 6 nitrogen and oxygen atoms in total. The summed E-state index contributed by atoms with van der Waals surface area (Å²) in [6.45, 7) is 0.00560. The molecule has 0 bridgehead atoms. The van der Waals surface area contributed by atoms with E-state index < -0.39 is 5.82 Å². The lowest BCUT2D eigenvalue weighted by Gasteiger charge is -2.07. The van der Waals surface area contributed by atoms with Crippen molar-refractivity contribution in [3.63, 3.8) is 0 Å². The number of aromatic nitrogens is 2. The fourth-order valence-electron chi connectivity index (χ4n) is 2.13. The summed E-state index contributed by atoms with van der Waals surface area (Å²) in [5.41, 5.74) is 0.677. The molecule has 3 aromatic rings. The van der Waals surface area contributed by atoms with E-state index in [1.54, 1.807) is 32.4 Å². The zero-order valence-electron chi connectivity index (χ0n) is 13.5. The maximum atomic E-state index is 13.0. The minimum Gasteiger partial charge on any atom is -0.493 e. The zero-order chi connectivity index (χ0) is 17.8. The van der Waals surface area contributed by atoms with Crippen molar-refractivity contribution in [2.45, 2.75) is 6.61 Å². The van der Waals surface area contributed by atoms with Crippen LogP contribution in [-0.2, 0) is 6.61 Å². The van der Waals surface area contributed by atoms with Crippen molar-refractivity contribution in [3.8, 4) is 28.7 Å². The van der Waals surface area contributed by atoms with Crippen molar-refractivity contribution in [2.75, 3.05) is 14.2 Å². The molecule has 2 aromatic carbocycles. The van der Waals surface area contributed by atoms with Crippen LogP contribution in [0.3, 0.4) is 0 Å². The summed E-state index contributed by atoms with van der Waals surface area (Å²) in [7, 11) is 3.10. The highest BCUT2D eigenvalue weighted by atomic mass is 35.5. The number of methoxy groups -OCH3 is 2. The molecule has 0 N–H and O–H groups in total. The summed E-state index contributed by atoms with van der Waals surface area (Å²) < 4.78 is 34.5. The van der Waals surface area contributed by atoms with Crippen LogP contribution in [0.1, 0.15) is 5.89 Å². The Morgan fingerprint density at radius 3 is 2.48 bits per heavy atom. The first-order chi connectivity index (χ1) is 12.1. The van der Waals surface area contributed by atoms with Crippen LogP contribution in [0.2, 0.25) is 5.02 Å². The van der Waals surface area contributed by atoms with Crippen molar-refractivity contribution in [1.29, 1.82) is 0 Å². The summed E-state index contributed by atoms with van der Waals surface area (Å²) in [6, 6.07) is 9.10. The maximum absolute atomic E-state index is 13.0. The highest BCUT2D eigenvalue weighted by Crippen LogP contribution is 2.32. The van der Waals surface area contributed by atoms with Gasteiger partial charge in [-0.05, 0) is 36.4 Å². The van der Waals surface area contributed by atoms with Crippen LogP contribution in [0.4, 0.5) is 4.39 Å². The Kier molecular flexibility index (Phi) is 5.04. The first-order valence-corrected chi connectivity index (χ1v) is 7.61. The van der Waals surface area contributed by atoms with Crippen LogP contribution in [0.15, 0.2) is 40.8 Å². The van der Waals surface area contributed by atoms with E-state index in [-0.39, 0.29) is 17.5 Å². The number of nitrogens with zero attached hydrogens (tertiary/aromatic N) is 2. The first kappa shape index (κ1) is 17.0. The molecule has 0 unspecified atom stereocenters.